The average molecular weight is 342 g/mol. The van der Waals surface area contributed by atoms with Crippen molar-refractivity contribution in [2.45, 2.75) is 60.9 Å². The molecule has 0 aromatic carbocycles. The molecule has 25 heavy (non-hydrogen) atoms. The van der Waals surface area contributed by atoms with E-state index in [1.165, 1.54) is 0 Å². The predicted octanol–water partition coefficient (Wildman–Crippen LogP) is 4.34. The van der Waals surface area contributed by atoms with Crippen molar-refractivity contribution >= 4 is 16.9 Å². The minimum absolute atomic E-state index is 0.271. The van der Waals surface area contributed by atoms with Gasteiger partial charge in [-0.05, 0) is 24.5 Å². The summed E-state index contributed by atoms with van der Waals surface area (Å²) in [5, 5.41) is 5.29. The maximum atomic E-state index is 6.09. The molecule has 6 nitrogen and oxygen atoms in total. The minimum Gasteiger partial charge on any atom is -0.382 e. The summed E-state index contributed by atoms with van der Waals surface area (Å²) >= 11 is 0. The SMILES string of the molecule is CC.CC.Cc1nc(C(C)C)c2c(N)nn(Cc3cccnc3)c2n1. The van der Waals surface area contributed by atoms with E-state index in [9.17, 15) is 0 Å². The second kappa shape index (κ2) is 9.71. The highest BCUT2D eigenvalue weighted by Gasteiger charge is 2.18. The number of fused-ring (bicyclic) bond motifs is 1. The number of nitrogen functional groups attached to an aromatic ring is 1. The summed E-state index contributed by atoms with van der Waals surface area (Å²) in [6.07, 6.45) is 3.57. The number of hydrogen-bond acceptors (Lipinski definition) is 5. The molecule has 3 aromatic rings. The molecule has 0 aliphatic carbocycles. The van der Waals surface area contributed by atoms with Crippen LogP contribution in [-0.4, -0.2) is 24.7 Å². The number of aryl methyl sites for hydroxylation is 1. The van der Waals surface area contributed by atoms with Gasteiger partial charge in [0.05, 0.1) is 17.6 Å². The van der Waals surface area contributed by atoms with Crippen LogP contribution < -0.4 is 5.73 Å². The van der Waals surface area contributed by atoms with Crippen molar-refractivity contribution in [3.05, 3.63) is 41.6 Å². The van der Waals surface area contributed by atoms with E-state index >= 15 is 0 Å². The van der Waals surface area contributed by atoms with Crippen LogP contribution in [0.15, 0.2) is 24.5 Å². The zero-order valence-electron chi connectivity index (χ0n) is 16.4. The van der Waals surface area contributed by atoms with Gasteiger partial charge in [0.15, 0.2) is 11.5 Å². The van der Waals surface area contributed by atoms with Gasteiger partial charge in [-0.15, -0.1) is 0 Å². The summed E-state index contributed by atoms with van der Waals surface area (Å²) in [5.74, 6) is 1.49. The van der Waals surface area contributed by atoms with E-state index in [1.807, 2.05) is 57.6 Å². The zero-order valence-corrected chi connectivity index (χ0v) is 16.4. The molecule has 0 radical (unpaired) electrons. The molecule has 0 saturated heterocycles. The fourth-order valence-corrected chi connectivity index (χ4v) is 2.43. The van der Waals surface area contributed by atoms with Crippen LogP contribution in [0.5, 0.6) is 0 Å². The summed E-state index contributed by atoms with van der Waals surface area (Å²) in [5.41, 5.74) is 8.89. The molecular weight excluding hydrogens is 312 g/mol. The lowest BCUT2D eigenvalue weighted by molar-refractivity contribution is 0.702. The first-order valence-electron chi connectivity index (χ1n) is 8.95. The number of rotatable bonds is 3. The van der Waals surface area contributed by atoms with Crippen molar-refractivity contribution in [3.63, 3.8) is 0 Å². The van der Waals surface area contributed by atoms with Crippen LogP contribution in [0.25, 0.3) is 11.0 Å². The van der Waals surface area contributed by atoms with Gasteiger partial charge in [-0.25, -0.2) is 14.6 Å². The standard InChI is InChI=1S/C15H18N6.2C2H6/c1-9(2)13-12-14(16)20-21(15(12)19-10(3)18-13)8-11-5-4-6-17-7-11;2*1-2/h4-7,9H,8H2,1-3H3,(H2,16,20);2*1-2H3. The number of nitrogens with zero attached hydrogens (tertiary/aromatic N) is 5. The van der Waals surface area contributed by atoms with Crippen LogP contribution in [-0.2, 0) is 6.54 Å². The summed E-state index contributed by atoms with van der Waals surface area (Å²) in [7, 11) is 0. The molecule has 6 heteroatoms. The van der Waals surface area contributed by atoms with E-state index in [0.717, 1.165) is 28.1 Å². The van der Waals surface area contributed by atoms with Gasteiger partial charge < -0.3 is 5.73 Å². The molecule has 0 atom stereocenters. The second-order valence-electron chi connectivity index (χ2n) is 5.41. The van der Waals surface area contributed by atoms with Crippen LogP contribution in [0.4, 0.5) is 5.82 Å². The maximum Gasteiger partial charge on any atom is 0.164 e. The molecule has 0 saturated carbocycles. The topological polar surface area (TPSA) is 82.5 Å². The molecule has 0 fully saturated rings. The second-order valence-corrected chi connectivity index (χ2v) is 5.41. The van der Waals surface area contributed by atoms with Crippen molar-refractivity contribution in [2.24, 2.45) is 0 Å². The van der Waals surface area contributed by atoms with Crippen molar-refractivity contribution in [3.8, 4) is 0 Å². The van der Waals surface area contributed by atoms with E-state index in [-0.39, 0.29) is 5.92 Å². The fourth-order valence-electron chi connectivity index (χ4n) is 2.43. The molecule has 136 valence electrons. The molecule has 0 spiro atoms. The maximum absolute atomic E-state index is 6.09. The lowest BCUT2D eigenvalue weighted by Gasteiger charge is -2.08. The molecule has 0 bridgehead atoms. The molecule has 0 amide bonds. The predicted molar refractivity (Wildman–Crippen MR) is 105 cm³/mol. The van der Waals surface area contributed by atoms with Gasteiger partial charge in [0.25, 0.3) is 0 Å². The van der Waals surface area contributed by atoms with E-state index in [1.54, 1.807) is 6.20 Å². The lowest BCUT2D eigenvalue weighted by atomic mass is 10.1. The Morgan fingerprint density at radius 1 is 1.12 bits per heavy atom. The number of aromatic nitrogens is 5. The highest BCUT2D eigenvalue weighted by Crippen LogP contribution is 2.27. The van der Waals surface area contributed by atoms with Crippen molar-refractivity contribution in [2.75, 3.05) is 5.73 Å². The van der Waals surface area contributed by atoms with Crippen molar-refractivity contribution in [1.29, 1.82) is 0 Å². The number of nitrogens with two attached hydrogens (primary N) is 1. The van der Waals surface area contributed by atoms with Crippen LogP contribution in [0.2, 0.25) is 0 Å². The third-order valence-electron chi connectivity index (χ3n) is 3.36. The summed E-state index contributed by atoms with van der Waals surface area (Å²) < 4.78 is 1.82. The lowest BCUT2D eigenvalue weighted by Crippen LogP contribution is -2.05. The number of hydrogen-bond donors (Lipinski definition) is 1. The first kappa shape index (κ1) is 20.5. The summed E-state index contributed by atoms with van der Waals surface area (Å²) in [6.45, 7) is 14.7. The van der Waals surface area contributed by atoms with Crippen molar-refractivity contribution < 1.29 is 0 Å². The first-order chi connectivity index (χ1) is 12.1. The Kier molecular flexibility index (Phi) is 7.98. The van der Waals surface area contributed by atoms with Gasteiger partial charge in [0.2, 0.25) is 0 Å². The first-order valence-corrected chi connectivity index (χ1v) is 8.95. The highest BCUT2D eigenvalue weighted by molar-refractivity contribution is 5.89. The van der Waals surface area contributed by atoms with Crippen LogP contribution in [0.3, 0.4) is 0 Å². The Morgan fingerprint density at radius 3 is 2.36 bits per heavy atom. The Bertz CT molecular complexity index is 777. The van der Waals surface area contributed by atoms with Crippen LogP contribution >= 0.6 is 0 Å². The highest BCUT2D eigenvalue weighted by atomic mass is 15.3. The number of pyridine rings is 1. The van der Waals surface area contributed by atoms with Gasteiger partial charge in [-0.1, -0.05) is 47.6 Å². The Morgan fingerprint density at radius 2 is 1.80 bits per heavy atom. The molecule has 0 aliphatic rings. The van der Waals surface area contributed by atoms with Crippen LogP contribution in [0, 0.1) is 6.92 Å². The monoisotopic (exact) mass is 342 g/mol. The van der Waals surface area contributed by atoms with E-state index in [4.69, 9.17) is 5.73 Å². The largest absolute Gasteiger partial charge is 0.382 e. The molecular formula is C19H30N6. The summed E-state index contributed by atoms with van der Waals surface area (Å²) in [6, 6.07) is 3.91. The van der Waals surface area contributed by atoms with Gasteiger partial charge in [0.1, 0.15) is 5.82 Å². The smallest absolute Gasteiger partial charge is 0.164 e. The molecule has 0 aliphatic heterocycles. The minimum atomic E-state index is 0.271. The summed E-state index contributed by atoms with van der Waals surface area (Å²) in [4.78, 5) is 13.2. The van der Waals surface area contributed by atoms with Crippen LogP contribution in [0.1, 0.15) is 64.5 Å². The zero-order chi connectivity index (χ0) is 19.0. The van der Waals surface area contributed by atoms with E-state index in [0.29, 0.717) is 12.4 Å². The average Bonchev–Trinajstić information content (AvgIpc) is 2.94. The van der Waals surface area contributed by atoms with Gasteiger partial charge in [0, 0.05) is 12.4 Å². The Labute approximate surface area is 150 Å². The van der Waals surface area contributed by atoms with E-state index < -0.39 is 0 Å². The third kappa shape index (κ3) is 4.75. The van der Waals surface area contributed by atoms with Gasteiger partial charge in [-0.3, -0.25) is 4.98 Å². The molecule has 0 unspecified atom stereocenters. The van der Waals surface area contributed by atoms with Crippen molar-refractivity contribution in [1.82, 2.24) is 24.7 Å². The Hall–Kier alpha value is -2.50. The van der Waals surface area contributed by atoms with E-state index in [2.05, 4.69) is 33.9 Å². The number of anilines is 1. The molecule has 2 N–H and O–H groups in total. The molecule has 3 rings (SSSR count). The quantitative estimate of drug-likeness (QED) is 0.765. The normalized spacial score (nSPS) is 10.1. The fraction of sp³-hybridized carbons (Fsp3) is 0.474. The Balaban J connectivity index is 0.000000730. The molecule has 3 aromatic heterocycles. The van der Waals surface area contributed by atoms with Gasteiger partial charge >= 0.3 is 0 Å². The third-order valence-corrected chi connectivity index (χ3v) is 3.36. The molecule has 3 heterocycles. The van der Waals surface area contributed by atoms with Gasteiger partial charge in [-0.2, -0.15) is 5.10 Å².